The number of carbonyl (C=O) groups is 2. The van der Waals surface area contributed by atoms with Crippen molar-refractivity contribution >= 4 is 19.1 Å². The van der Waals surface area contributed by atoms with Gasteiger partial charge >= 0.3 is 13.1 Å². The second-order valence-corrected chi connectivity index (χ2v) is 7.28. The predicted molar refractivity (Wildman–Crippen MR) is 104 cm³/mol. The Morgan fingerprint density at radius 2 is 1.96 bits per heavy atom. The van der Waals surface area contributed by atoms with Gasteiger partial charge in [-0.2, -0.15) is 0 Å². The normalized spacial score (nSPS) is 16.4. The molecule has 2 atom stereocenters. The Morgan fingerprint density at radius 3 is 2.54 bits per heavy atom. The number of ether oxygens (including phenoxy) is 1. The zero-order valence-corrected chi connectivity index (χ0v) is 16.4. The predicted octanol–water partition coefficient (Wildman–Crippen LogP) is -0.423. The zero-order valence-electron chi connectivity index (χ0n) is 16.4. The molecule has 28 heavy (non-hydrogen) atoms. The fourth-order valence-electron chi connectivity index (χ4n) is 2.99. The number of nitrogens with one attached hydrogen (secondary N) is 2. The molecule has 3 amide bonds. The molecule has 1 fully saturated rings. The molecule has 154 valence electrons. The lowest BCUT2D eigenvalue weighted by atomic mass is 9.75. The lowest BCUT2D eigenvalue weighted by Crippen LogP contribution is -2.57. The van der Waals surface area contributed by atoms with E-state index in [4.69, 9.17) is 4.74 Å². The van der Waals surface area contributed by atoms with Crippen LogP contribution in [0.3, 0.4) is 0 Å². The molecule has 0 aromatic carbocycles. The van der Waals surface area contributed by atoms with Gasteiger partial charge in [-0.15, -0.1) is 0 Å². The summed E-state index contributed by atoms with van der Waals surface area (Å²) in [6.45, 7) is 5.67. The largest absolute Gasteiger partial charge is 0.475 e. The van der Waals surface area contributed by atoms with Gasteiger partial charge in [-0.1, -0.05) is 19.9 Å². The number of nitrogens with zero attached hydrogens (tertiary/aromatic N) is 2. The van der Waals surface area contributed by atoms with Crippen molar-refractivity contribution in [2.75, 3.05) is 26.3 Å². The van der Waals surface area contributed by atoms with Crippen LogP contribution in [-0.2, 0) is 16.0 Å². The van der Waals surface area contributed by atoms with E-state index in [1.807, 2.05) is 13.8 Å². The van der Waals surface area contributed by atoms with Crippen molar-refractivity contribution in [2.24, 2.45) is 5.92 Å². The molecule has 0 saturated carbocycles. The van der Waals surface area contributed by atoms with E-state index in [0.29, 0.717) is 38.4 Å². The summed E-state index contributed by atoms with van der Waals surface area (Å²) in [6, 6.07) is 4.10. The van der Waals surface area contributed by atoms with Gasteiger partial charge < -0.3 is 30.3 Å². The van der Waals surface area contributed by atoms with Crippen LogP contribution < -0.4 is 10.6 Å². The lowest BCUT2D eigenvalue weighted by Gasteiger charge is -2.29. The molecule has 0 aliphatic carbocycles. The molecule has 9 nitrogen and oxygen atoms in total. The molecule has 1 saturated heterocycles. The molecular formula is C18H29BN4O5. The number of aromatic nitrogens is 1. The minimum Gasteiger partial charge on any atom is -0.426 e. The Labute approximate surface area is 165 Å². The number of carbonyl (C=O) groups excluding carboxylic acids is 2. The Morgan fingerprint density at radius 1 is 1.25 bits per heavy atom. The van der Waals surface area contributed by atoms with Crippen LogP contribution in [0.25, 0.3) is 0 Å². The molecule has 0 unspecified atom stereocenters. The molecule has 1 aliphatic heterocycles. The van der Waals surface area contributed by atoms with Gasteiger partial charge in [0.05, 0.1) is 19.2 Å². The number of urea groups is 1. The van der Waals surface area contributed by atoms with Crippen LogP contribution in [0.4, 0.5) is 4.79 Å². The van der Waals surface area contributed by atoms with Crippen molar-refractivity contribution in [3.8, 4) is 0 Å². The van der Waals surface area contributed by atoms with E-state index in [1.165, 1.54) is 0 Å². The summed E-state index contributed by atoms with van der Waals surface area (Å²) in [5, 5.41) is 24.6. The van der Waals surface area contributed by atoms with Crippen molar-refractivity contribution in [1.29, 1.82) is 0 Å². The first-order valence-corrected chi connectivity index (χ1v) is 9.56. The van der Waals surface area contributed by atoms with E-state index < -0.39 is 25.0 Å². The van der Waals surface area contributed by atoms with Gasteiger partial charge in [0.1, 0.15) is 6.04 Å². The van der Waals surface area contributed by atoms with Crippen LogP contribution in [0.15, 0.2) is 24.4 Å². The highest BCUT2D eigenvalue weighted by molar-refractivity contribution is 6.43. The minimum absolute atomic E-state index is 0.157. The van der Waals surface area contributed by atoms with Crippen LogP contribution in [0, 0.1) is 5.92 Å². The van der Waals surface area contributed by atoms with Gasteiger partial charge in [-0.25, -0.2) is 4.79 Å². The van der Waals surface area contributed by atoms with Gasteiger partial charge in [0.2, 0.25) is 5.91 Å². The van der Waals surface area contributed by atoms with Crippen molar-refractivity contribution in [3.63, 3.8) is 0 Å². The third-order valence-corrected chi connectivity index (χ3v) is 4.46. The number of hydrogen-bond donors (Lipinski definition) is 4. The first-order chi connectivity index (χ1) is 13.4. The number of morpholine rings is 1. The van der Waals surface area contributed by atoms with Crippen LogP contribution in [-0.4, -0.2) is 77.3 Å². The van der Waals surface area contributed by atoms with Crippen LogP contribution in [0.5, 0.6) is 0 Å². The van der Waals surface area contributed by atoms with E-state index in [1.54, 1.807) is 29.3 Å². The van der Waals surface area contributed by atoms with Gasteiger partial charge in [0.25, 0.3) is 0 Å². The molecule has 0 bridgehead atoms. The molecule has 2 rings (SSSR count). The highest BCUT2D eigenvalue weighted by atomic mass is 16.5. The van der Waals surface area contributed by atoms with Gasteiger partial charge in [-0.3, -0.25) is 9.78 Å². The molecule has 0 spiro atoms. The number of rotatable bonds is 8. The fraction of sp³-hybridized carbons (Fsp3) is 0.611. The maximum Gasteiger partial charge on any atom is 0.475 e. The van der Waals surface area contributed by atoms with E-state index in [9.17, 15) is 19.6 Å². The third-order valence-electron chi connectivity index (χ3n) is 4.46. The summed E-state index contributed by atoms with van der Waals surface area (Å²) in [6.07, 6.45) is 2.21. The Balaban J connectivity index is 2.09. The second kappa shape index (κ2) is 11.0. The highest BCUT2D eigenvalue weighted by Crippen LogP contribution is 2.08. The van der Waals surface area contributed by atoms with E-state index in [2.05, 4.69) is 15.6 Å². The maximum absolute atomic E-state index is 12.8. The summed E-state index contributed by atoms with van der Waals surface area (Å²) in [5.74, 6) is -1.14. The average molecular weight is 392 g/mol. The van der Waals surface area contributed by atoms with E-state index >= 15 is 0 Å². The standard InChI is InChI=1S/C18H29BN4O5/c1-13(2)11-16(19(26)27)22-17(24)15(12-14-5-3-4-6-20-14)21-18(25)23-7-9-28-10-8-23/h3-6,13,15-16,26-27H,7-12H2,1-2H3,(H,21,25)(H,22,24)/t15-,16-/m0/s1. The third kappa shape index (κ3) is 7.10. The number of amides is 3. The van der Waals surface area contributed by atoms with Crippen molar-refractivity contribution in [2.45, 2.75) is 38.7 Å². The van der Waals surface area contributed by atoms with E-state index in [0.717, 1.165) is 0 Å². The molecule has 4 N–H and O–H groups in total. The Hall–Kier alpha value is -2.17. The average Bonchev–Trinajstić information content (AvgIpc) is 2.68. The topological polar surface area (TPSA) is 124 Å². The molecule has 1 aliphatic rings. The van der Waals surface area contributed by atoms with Crippen molar-refractivity contribution < 1.29 is 24.4 Å². The van der Waals surface area contributed by atoms with Crippen LogP contribution in [0.1, 0.15) is 26.0 Å². The fourth-order valence-corrected chi connectivity index (χ4v) is 2.99. The van der Waals surface area contributed by atoms with Crippen molar-refractivity contribution in [1.82, 2.24) is 20.5 Å². The SMILES string of the molecule is CC(C)C[C@H](NC(=O)[C@H](Cc1ccccn1)NC(=O)N1CCOCC1)B(O)O. The number of pyridine rings is 1. The second-order valence-electron chi connectivity index (χ2n) is 7.28. The summed E-state index contributed by atoms with van der Waals surface area (Å²) >= 11 is 0. The summed E-state index contributed by atoms with van der Waals surface area (Å²) < 4.78 is 5.25. The minimum atomic E-state index is -1.68. The maximum atomic E-state index is 12.8. The van der Waals surface area contributed by atoms with Gasteiger partial charge in [0, 0.05) is 31.4 Å². The molecular weight excluding hydrogens is 363 g/mol. The summed E-state index contributed by atoms with van der Waals surface area (Å²) in [7, 11) is -1.68. The van der Waals surface area contributed by atoms with Gasteiger partial charge in [-0.05, 0) is 24.5 Å². The first kappa shape index (κ1) is 22.1. The van der Waals surface area contributed by atoms with Crippen molar-refractivity contribution in [3.05, 3.63) is 30.1 Å². The molecule has 1 aromatic rings. The molecule has 10 heteroatoms. The Bertz CT molecular complexity index is 626. The molecule has 1 aromatic heterocycles. The zero-order chi connectivity index (χ0) is 20.5. The summed E-state index contributed by atoms with van der Waals surface area (Å²) in [5.41, 5.74) is 0.648. The smallest absolute Gasteiger partial charge is 0.426 e. The molecule has 2 heterocycles. The van der Waals surface area contributed by atoms with E-state index in [-0.39, 0.29) is 18.4 Å². The number of hydrogen-bond acceptors (Lipinski definition) is 6. The van der Waals surface area contributed by atoms with Crippen LogP contribution >= 0.6 is 0 Å². The molecule has 0 radical (unpaired) electrons. The van der Waals surface area contributed by atoms with Crippen LogP contribution in [0.2, 0.25) is 0 Å². The Kier molecular flexibility index (Phi) is 8.68. The highest BCUT2D eigenvalue weighted by Gasteiger charge is 2.31. The first-order valence-electron chi connectivity index (χ1n) is 9.56. The monoisotopic (exact) mass is 392 g/mol. The van der Waals surface area contributed by atoms with Gasteiger partial charge in [0.15, 0.2) is 0 Å². The quantitative estimate of drug-likeness (QED) is 0.446. The summed E-state index contributed by atoms with van der Waals surface area (Å²) in [4.78, 5) is 31.2. The lowest BCUT2D eigenvalue weighted by molar-refractivity contribution is -0.123.